The van der Waals surface area contributed by atoms with E-state index in [9.17, 15) is 0 Å². The van der Waals surface area contributed by atoms with Crippen molar-refractivity contribution in [1.82, 2.24) is 14.5 Å². The number of pyridine rings is 1. The van der Waals surface area contributed by atoms with E-state index in [1.807, 2.05) is 36.7 Å². The molecule has 0 radical (unpaired) electrons. The summed E-state index contributed by atoms with van der Waals surface area (Å²) < 4.78 is 2.28. The molecule has 0 saturated carbocycles. The molecule has 0 saturated heterocycles. The van der Waals surface area contributed by atoms with Gasteiger partial charge in [-0.15, -0.1) is 0 Å². The van der Waals surface area contributed by atoms with Gasteiger partial charge in [0.1, 0.15) is 11.3 Å². The number of nitrogens with two attached hydrogens (primary N) is 1. The van der Waals surface area contributed by atoms with E-state index in [1.54, 1.807) is 0 Å². The highest BCUT2D eigenvalue weighted by Gasteiger charge is 2.10. The van der Waals surface area contributed by atoms with Gasteiger partial charge in [-0.3, -0.25) is 4.98 Å². The molecule has 4 heteroatoms. The number of nitrogens with zero attached hydrogens (tertiary/aromatic N) is 3. The third kappa shape index (κ3) is 2.37. The van der Waals surface area contributed by atoms with Gasteiger partial charge in [-0.2, -0.15) is 0 Å². The number of imidazole rings is 1. The van der Waals surface area contributed by atoms with Crippen LogP contribution in [0.5, 0.6) is 0 Å². The Morgan fingerprint density at radius 3 is 2.95 bits per heavy atom. The van der Waals surface area contributed by atoms with Crippen LogP contribution >= 0.6 is 0 Å². The molecule has 0 spiro atoms. The molecule has 0 aliphatic rings. The molecule has 3 rings (SSSR count). The first-order valence-corrected chi connectivity index (χ1v) is 6.91. The van der Waals surface area contributed by atoms with Gasteiger partial charge in [-0.05, 0) is 30.2 Å². The number of fused-ring (bicyclic) bond motifs is 1. The summed E-state index contributed by atoms with van der Waals surface area (Å²) in [5.41, 5.74) is 9.94. The van der Waals surface area contributed by atoms with Crippen LogP contribution in [0.15, 0.2) is 42.7 Å². The Morgan fingerprint density at radius 2 is 2.15 bits per heavy atom. The lowest BCUT2D eigenvalue weighted by Gasteiger charge is -2.08. The monoisotopic (exact) mass is 266 g/mol. The van der Waals surface area contributed by atoms with Gasteiger partial charge in [0.05, 0.1) is 11.7 Å². The van der Waals surface area contributed by atoms with E-state index < -0.39 is 0 Å². The van der Waals surface area contributed by atoms with Gasteiger partial charge in [-0.25, -0.2) is 4.98 Å². The Morgan fingerprint density at radius 1 is 1.25 bits per heavy atom. The average Bonchev–Trinajstić information content (AvgIpc) is 2.77. The third-order valence-corrected chi connectivity index (χ3v) is 3.39. The molecule has 2 N–H and O–H groups in total. The molecule has 0 aliphatic carbocycles. The molecule has 102 valence electrons. The fourth-order valence-electron chi connectivity index (χ4n) is 2.53. The minimum Gasteiger partial charge on any atom is -0.399 e. The fourth-order valence-corrected chi connectivity index (χ4v) is 2.53. The standard InChI is InChI=1S/C16H18N4/c1-2-8-20-15-6-7-18-11-14(15)19-16(20)10-12-4-3-5-13(17)9-12/h3-7,9,11H,2,8,10,17H2,1H3. The Hall–Kier alpha value is -2.36. The lowest BCUT2D eigenvalue weighted by molar-refractivity contribution is 0.664. The Balaban J connectivity index is 2.04. The molecule has 0 amide bonds. The quantitative estimate of drug-likeness (QED) is 0.738. The highest BCUT2D eigenvalue weighted by Crippen LogP contribution is 2.19. The zero-order valence-electron chi connectivity index (χ0n) is 11.6. The lowest BCUT2D eigenvalue weighted by atomic mass is 10.1. The van der Waals surface area contributed by atoms with Crippen molar-refractivity contribution in [3.63, 3.8) is 0 Å². The normalized spacial score (nSPS) is 11.1. The van der Waals surface area contributed by atoms with Gasteiger partial charge in [0.25, 0.3) is 0 Å². The minimum atomic E-state index is 0.791. The Labute approximate surface area is 118 Å². The number of benzene rings is 1. The topological polar surface area (TPSA) is 56.7 Å². The predicted molar refractivity (Wildman–Crippen MR) is 81.5 cm³/mol. The summed E-state index contributed by atoms with van der Waals surface area (Å²) in [6.45, 7) is 3.15. The second-order valence-corrected chi connectivity index (χ2v) is 4.97. The molecule has 2 heterocycles. The molecule has 1 aromatic carbocycles. The van der Waals surface area contributed by atoms with Crippen molar-refractivity contribution < 1.29 is 0 Å². The van der Waals surface area contributed by atoms with Gasteiger partial charge in [0.2, 0.25) is 0 Å². The zero-order valence-corrected chi connectivity index (χ0v) is 11.6. The van der Waals surface area contributed by atoms with E-state index in [-0.39, 0.29) is 0 Å². The van der Waals surface area contributed by atoms with Crippen molar-refractivity contribution in [1.29, 1.82) is 0 Å². The first kappa shape index (κ1) is 12.7. The number of nitrogen functional groups attached to an aromatic ring is 1. The molecule has 0 atom stereocenters. The van der Waals surface area contributed by atoms with Crippen molar-refractivity contribution in [2.75, 3.05) is 5.73 Å². The molecule has 0 aliphatic heterocycles. The molecular weight excluding hydrogens is 248 g/mol. The highest BCUT2D eigenvalue weighted by atomic mass is 15.1. The first-order chi connectivity index (χ1) is 9.78. The summed E-state index contributed by atoms with van der Waals surface area (Å²) >= 11 is 0. The van der Waals surface area contributed by atoms with Crippen LogP contribution in [0, 0.1) is 0 Å². The van der Waals surface area contributed by atoms with E-state index in [0.29, 0.717) is 0 Å². The Bertz CT molecular complexity index is 730. The molecule has 0 unspecified atom stereocenters. The average molecular weight is 266 g/mol. The summed E-state index contributed by atoms with van der Waals surface area (Å²) in [5.74, 6) is 1.07. The van der Waals surface area contributed by atoms with Crippen molar-refractivity contribution in [2.45, 2.75) is 26.3 Å². The van der Waals surface area contributed by atoms with Crippen LogP contribution < -0.4 is 5.73 Å². The van der Waals surface area contributed by atoms with Gasteiger partial charge >= 0.3 is 0 Å². The van der Waals surface area contributed by atoms with Crippen LogP contribution in [0.25, 0.3) is 11.0 Å². The van der Waals surface area contributed by atoms with E-state index in [1.165, 1.54) is 5.56 Å². The number of rotatable bonds is 4. The van der Waals surface area contributed by atoms with Gasteiger partial charge in [0.15, 0.2) is 0 Å². The molecule has 0 fully saturated rings. The van der Waals surface area contributed by atoms with Crippen molar-refractivity contribution in [3.8, 4) is 0 Å². The highest BCUT2D eigenvalue weighted by molar-refractivity contribution is 5.74. The molecule has 0 bridgehead atoms. The minimum absolute atomic E-state index is 0.791. The largest absolute Gasteiger partial charge is 0.399 e. The van der Waals surface area contributed by atoms with E-state index in [0.717, 1.165) is 41.9 Å². The Kier molecular flexibility index (Phi) is 3.37. The zero-order chi connectivity index (χ0) is 13.9. The van der Waals surface area contributed by atoms with Crippen LogP contribution in [0.1, 0.15) is 24.7 Å². The van der Waals surface area contributed by atoms with Crippen LogP contribution in [0.4, 0.5) is 5.69 Å². The predicted octanol–water partition coefficient (Wildman–Crippen LogP) is 3.01. The van der Waals surface area contributed by atoms with Crippen molar-refractivity contribution >= 4 is 16.7 Å². The summed E-state index contributed by atoms with van der Waals surface area (Å²) in [6, 6.07) is 10.0. The first-order valence-electron chi connectivity index (χ1n) is 6.91. The number of anilines is 1. The van der Waals surface area contributed by atoms with E-state index in [2.05, 4.69) is 22.5 Å². The summed E-state index contributed by atoms with van der Waals surface area (Å²) in [4.78, 5) is 8.87. The van der Waals surface area contributed by atoms with E-state index in [4.69, 9.17) is 10.7 Å². The van der Waals surface area contributed by atoms with Gasteiger partial charge in [0, 0.05) is 24.8 Å². The fraction of sp³-hybridized carbons (Fsp3) is 0.250. The number of aryl methyl sites for hydroxylation is 1. The maximum Gasteiger partial charge on any atom is 0.114 e. The third-order valence-electron chi connectivity index (χ3n) is 3.39. The summed E-state index contributed by atoms with van der Waals surface area (Å²) in [6.07, 6.45) is 5.52. The van der Waals surface area contributed by atoms with E-state index >= 15 is 0 Å². The molecule has 2 aromatic heterocycles. The lowest BCUT2D eigenvalue weighted by Crippen LogP contribution is -2.04. The molecule has 4 nitrogen and oxygen atoms in total. The van der Waals surface area contributed by atoms with Crippen molar-refractivity contribution in [3.05, 3.63) is 54.1 Å². The molecular formula is C16H18N4. The second-order valence-electron chi connectivity index (χ2n) is 4.97. The number of hydrogen-bond acceptors (Lipinski definition) is 3. The van der Waals surface area contributed by atoms with Crippen LogP contribution in [0.3, 0.4) is 0 Å². The maximum atomic E-state index is 5.85. The van der Waals surface area contributed by atoms with Crippen molar-refractivity contribution in [2.24, 2.45) is 0 Å². The maximum absolute atomic E-state index is 5.85. The summed E-state index contributed by atoms with van der Waals surface area (Å²) in [5, 5.41) is 0. The molecule has 20 heavy (non-hydrogen) atoms. The number of aromatic nitrogens is 3. The van der Waals surface area contributed by atoms with Crippen LogP contribution in [-0.2, 0) is 13.0 Å². The molecule has 3 aromatic rings. The van der Waals surface area contributed by atoms with Gasteiger partial charge in [-0.1, -0.05) is 19.1 Å². The van der Waals surface area contributed by atoms with Crippen LogP contribution in [0.2, 0.25) is 0 Å². The SMILES string of the molecule is CCCn1c(Cc2cccc(N)c2)nc2cnccc21. The smallest absolute Gasteiger partial charge is 0.114 e. The number of hydrogen-bond donors (Lipinski definition) is 1. The second kappa shape index (κ2) is 5.33. The van der Waals surface area contributed by atoms with Crippen LogP contribution in [-0.4, -0.2) is 14.5 Å². The summed E-state index contributed by atoms with van der Waals surface area (Å²) in [7, 11) is 0. The van der Waals surface area contributed by atoms with Gasteiger partial charge < -0.3 is 10.3 Å².